The quantitative estimate of drug-likeness (QED) is 0.643. The van der Waals surface area contributed by atoms with E-state index < -0.39 is 0 Å². The molecule has 1 aliphatic rings. The summed E-state index contributed by atoms with van der Waals surface area (Å²) in [7, 11) is 0. The van der Waals surface area contributed by atoms with E-state index in [9.17, 15) is 10.1 Å². The van der Waals surface area contributed by atoms with Crippen LogP contribution in [0.15, 0.2) is 6.20 Å². The zero-order valence-corrected chi connectivity index (χ0v) is 13.1. The van der Waals surface area contributed by atoms with E-state index in [4.69, 9.17) is 0 Å². The molecule has 0 saturated carbocycles. The first-order valence-electron chi connectivity index (χ1n) is 7.54. The Bertz CT molecular complexity index is 513. The predicted molar refractivity (Wildman–Crippen MR) is 82.3 cm³/mol. The lowest BCUT2D eigenvalue weighted by molar-refractivity contribution is -0.386. The van der Waals surface area contributed by atoms with Crippen LogP contribution in [0.1, 0.15) is 36.6 Å². The van der Waals surface area contributed by atoms with Crippen LogP contribution in [0.25, 0.3) is 0 Å². The third-order valence-electron chi connectivity index (χ3n) is 4.11. The molecule has 6 heteroatoms. The molecule has 0 radical (unpaired) electrons. The molecule has 0 aromatic carbocycles. The molecule has 116 valence electrons. The maximum atomic E-state index is 11.1. The fourth-order valence-electron chi connectivity index (χ4n) is 2.91. The van der Waals surface area contributed by atoms with E-state index in [-0.39, 0.29) is 10.6 Å². The zero-order valence-electron chi connectivity index (χ0n) is 13.1. The predicted octanol–water partition coefficient (Wildman–Crippen LogP) is 2.18. The van der Waals surface area contributed by atoms with Crippen LogP contribution in [-0.2, 0) is 6.54 Å². The van der Waals surface area contributed by atoms with Gasteiger partial charge in [0.2, 0.25) is 0 Å². The van der Waals surface area contributed by atoms with E-state index in [1.165, 1.54) is 25.9 Å². The van der Waals surface area contributed by atoms with Crippen LogP contribution >= 0.6 is 0 Å². The fraction of sp³-hybridized carbons (Fsp3) is 0.667. The van der Waals surface area contributed by atoms with Gasteiger partial charge in [-0.15, -0.1) is 0 Å². The highest BCUT2D eigenvalue weighted by atomic mass is 16.6. The Hall–Kier alpha value is -1.53. The van der Waals surface area contributed by atoms with Crippen molar-refractivity contribution in [1.29, 1.82) is 0 Å². The minimum absolute atomic E-state index is 0.189. The van der Waals surface area contributed by atoms with Crippen LogP contribution in [0, 0.1) is 24.0 Å². The number of aromatic nitrogens is 1. The van der Waals surface area contributed by atoms with E-state index in [0.717, 1.165) is 12.2 Å². The van der Waals surface area contributed by atoms with E-state index >= 15 is 0 Å². The van der Waals surface area contributed by atoms with Gasteiger partial charge in [-0.1, -0.05) is 0 Å². The van der Waals surface area contributed by atoms with Gasteiger partial charge in [0.1, 0.15) is 0 Å². The lowest BCUT2D eigenvalue weighted by Gasteiger charge is -2.21. The van der Waals surface area contributed by atoms with E-state index in [0.29, 0.717) is 23.7 Å². The van der Waals surface area contributed by atoms with Gasteiger partial charge in [0, 0.05) is 36.5 Å². The first-order valence-corrected chi connectivity index (χ1v) is 7.54. The Kier molecular flexibility index (Phi) is 5.25. The summed E-state index contributed by atoms with van der Waals surface area (Å²) in [6, 6.07) is 0.352. The van der Waals surface area contributed by atoms with Crippen LogP contribution < -0.4 is 5.32 Å². The van der Waals surface area contributed by atoms with E-state index in [1.54, 1.807) is 20.0 Å². The second-order valence-corrected chi connectivity index (χ2v) is 5.91. The van der Waals surface area contributed by atoms with Crippen molar-refractivity contribution in [1.82, 2.24) is 15.2 Å². The Morgan fingerprint density at radius 2 is 2.10 bits per heavy atom. The molecule has 2 rings (SSSR count). The molecule has 1 N–H and O–H groups in total. The molecule has 1 saturated heterocycles. The van der Waals surface area contributed by atoms with Crippen LogP contribution in [0.2, 0.25) is 0 Å². The molecule has 1 fully saturated rings. The molecule has 1 unspecified atom stereocenters. The lowest BCUT2D eigenvalue weighted by Crippen LogP contribution is -2.37. The number of nitrogens with zero attached hydrogens (tertiary/aromatic N) is 3. The van der Waals surface area contributed by atoms with Gasteiger partial charge in [-0.05, 0) is 46.7 Å². The van der Waals surface area contributed by atoms with Crippen molar-refractivity contribution in [3.05, 3.63) is 33.1 Å². The van der Waals surface area contributed by atoms with Crippen molar-refractivity contribution in [3.8, 4) is 0 Å². The Labute approximate surface area is 125 Å². The number of hydrogen-bond acceptors (Lipinski definition) is 5. The van der Waals surface area contributed by atoms with Gasteiger partial charge in [-0.2, -0.15) is 0 Å². The van der Waals surface area contributed by atoms with Crippen LogP contribution in [0.4, 0.5) is 5.69 Å². The molecule has 1 atom stereocenters. The summed E-state index contributed by atoms with van der Waals surface area (Å²) in [4.78, 5) is 17.6. The van der Waals surface area contributed by atoms with Crippen molar-refractivity contribution in [2.75, 3.05) is 19.6 Å². The second-order valence-electron chi connectivity index (χ2n) is 5.91. The third-order valence-corrected chi connectivity index (χ3v) is 4.11. The number of rotatable bonds is 6. The van der Waals surface area contributed by atoms with Gasteiger partial charge in [0.25, 0.3) is 5.69 Å². The van der Waals surface area contributed by atoms with Gasteiger partial charge in [-0.25, -0.2) is 0 Å². The average Bonchev–Trinajstić information content (AvgIpc) is 2.90. The van der Waals surface area contributed by atoms with Gasteiger partial charge in [-0.3, -0.25) is 15.1 Å². The van der Waals surface area contributed by atoms with Gasteiger partial charge in [0.15, 0.2) is 0 Å². The van der Waals surface area contributed by atoms with E-state index in [1.807, 2.05) is 0 Å². The summed E-state index contributed by atoms with van der Waals surface area (Å²) in [5.74, 6) is 0. The van der Waals surface area contributed by atoms with Crippen LogP contribution in [-0.4, -0.2) is 40.5 Å². The number of pyridine rings is 1. The normalized spacial score (nSPS) is 17.1. The first kappa shape index (κ1) is 15.9. The average molecular weight is 292 g/mol. The molecule has 1 aliphatic heterocycles. The smallest absolute Gasteiger partial charge is 0.278 e. The largest absolute Gasteiger partial charge is 0.307 e. The fourth-order valence-corrected chi connectivity index (χ4v) is 2.91. The molecular formula is C15H24N4O2. The molecule has 6 nitrogen and oxygen atoms in total. The van der Waals surface area contributed by atoms with Crippen molar-refractivity contribution < 1.29 is 4.92 Å². The summed E-state index contributed by atoms with van der Waals surface area (Å²) in [5.41, 5.74) is 2.24. The summed E-state index contributed by atoms with van der Waals surface area (Å²) in [6.07, 6.45) is 4.17. The number of nitrogens with one attached hydrogen (secondary N) is 1. The standard InChI is InChI=1S/C15H24N4O2/c1-11-8-17-14(13(3)15(11)19(20)21)9-16-12(2)10-18-6-4-5-7-18/h8,12,16H,4-7,9-10H2,1-3H3. The van der Waals surface area contributed by atoms with Crippen molar-refractivity contribution in [2.45, 2.75) is 46.2 Å². The number of hydrogen-bond donors (Lipinski definition) is 1. The SMILES string of the molecule is Cc1cnc(CNC(C)CN2CCCC2)c(C)c1[N+](=O)[O-]. The monoisotopic (exact) mass is 292 g/mol. The Balaban J connectivity index is 1.96. The minimum Gasteiger partial charge on any atom is -0.307 e. The summed E-state index contributed by atoms with van der Waals surface area (Å²) >= 11 is 0. The number of likely N-dealkylation sites (tertiary alicyclic amines) is 1. The van der Waals surface area contributed by atoms with E-state index in [2.05, 4.69) is 22.1 Å². The van der Waals surface area contributed by atoms with Crippen LogP contribution in [0.3, 0.4) is 0 Å². The first-order chi connectivity index (χ1) is 9.99. The summed E-state index contributed by atoms with van der Waals surface area (Å²) in [6.45, 7) is 9.61. The molecule has 1 aromatic heterocycles. The third kappa shape index (κ3) is 3.98. The van der Waals surface area contributed by atoms with Crippen LogP contribution in [0.5, 0.6) is 0 Å². The highest BCUT2D eigenvalue weighted by molar-refractivity contribution is 5.47. The minimum atomic E-state index is -0.316. The number of nitro groups is 1. The lowest BCUT2D eigenvalue weighted by atomic mass is 10.1. The molecule has 0 spiro atoms. The maximum Gasteiger partial charge on any atom is 0.278 e. The Morgan fingerprint density at radius 3 is 2.71 bits per heavy atom. The molecule has 0 aliphatic carbocycles. The molecule has 21 heavy (non-hydrogen) atoms. The van der Waals surface area contributed by atoms with Crippen molar-refractivity contribution in [2.24, 2.45) is 0 Å². The summed E-state index contributed by atoms with van der Waals surface area (Å²) in [5, 5.41) is 14.5. The second kappa shape index (κ2) is 6.95. The topological polar surface area (TPSA) is 71.3 Å². The van der Waals surface area contributed by atoms with Gasteiger partial charge in [0.05, 0.1) is 10.6 Å². The molecular weight excluding hydrogens is 268 g/mol. The van der Waals surface area contributed by atoms with Crippen molar-refractivity contribution >= 4 is 5.69 Å². The Morgan fingerprint density at radius 1 is 1.43 bits per heavy atom. The van der Waals surface area contributed by atoms with Crippen molar-refractivity contribution in [3.63, 3.8) is 0 Å². The maximum absolute atomic E-state index is 11.1. The molecule has 0 bridgehead atoms. The highest BCUT2D eigenvalue weighted by Gasteiger charge is 2.19. The molecule has 0 amide bonds. The zero-order chi connectivity index (χ0) is 15.4. The highest BCUT2D eigenvalue weighted by Crippen LogP contribution is 2.23. The number of aryl methyl sites for hydroxylation is 1. The molecule has 2 heterocycles. The molecule has 1 aromatic rings. The van der Waals surface area contributed by atoms with Gasteiger partial charge < -0.3 is 10.2 Å². The van der Waals surface area contributed by atoms with Gasteiger partial charge >= 0.3 is 0 Å². The summed E-state index contributed by atoms with van der Waals surface area (Å²) < 4.78 is 0.